The van der Waals surface area contributed by atoms with Gasteiger partial charge in [-0.2, -0.15) is 0 Å². The van der Waals surface area contributed by atoms with Crippen LogP contribution in [0.25, 0.3) is 0 Å². The summed E-state index contributed by atoms with van der Waals surface area (Å²) in [7, 11) is 0. The smallest absolute Gasteiger partial charge is 0.406 e. The lowest BCUT2D eigenvalue weighted by Gasteiger charge is -2.33. The third kappa shape index (κ3) is 3.77. The summed E-state index contributed by atoms with van der Waals surface area (Å²) in [5.41, 5.74) is 0.402. The Hall–Kier alpha value is -1.76. The average Bonchev–Trinajstić information content (AvgIpc) is 2.89. The molecule has 0 aliphatic carbocycles. The number of piperidine rings is 1. The van der Waals surface area contributed by atoms with Gasteiger partial charge in [-0.15, -0.1) is 13.2 Å². The van der Waals surface area contributed by atoms with Gasteiger partial charge in [0.05, 0.1) is 0 Å². The summed E-state index contributed by atoms with van der Waals surface area (Å²) in [4.78, 5) is 14.3. The maximum absolute atomic E-state index is 12.6. The highest BCUT2D eigenvalue weighted by Gasteiger charge is 2.40. The van der Waals surface area contributed by atoms with Gasteiger partial charge in [-0.1, -0.05) is 6.07 Å². The Labute approximate surface area is 132 Å². The summed E-state index contributed by atoms with van der Waals surface area (Å²) in [5, 5.41) is 3.31. The Kier molecular flexibility index (Phi) is 4.23. The predicted octanol–water partition coefficient (Wildman–Crippen LogP) is 2.80. The number of hydrogen-bond acceptors (Lipinski definition) is 3. The molecule has 0 atom stereocenters. The van der Waals surface area contributed by atoms with Crippen molar-refractivity contribution < 1.29 is 22.7 Å². The van der Waals surface area contributed by atoms with E-state index in [-0.39, 0.29) is 22.6 Å². The number of amides is 1. The zero-order valence-electron chi connectivity index (χ0n) is 12.7. The predicted molar refractivity (Wildman–Crippen MR) is 78.2 cm³/mol. The monoisotopic (exact) mass is 328 g/mol. The molecule has 4 nitrogen and oxygen atoms in total. The van der Waals surface area contributed by atoms with Crippen molar-refractivity contribution >= 4 is 5.91 Å². The molecule has 7 heteroatoms. The number of ether oxygens (including phenoxy) is 1. The first-order chi connectivity index (χ1) is 10.9. The van der Waals surface area contributed by atoms with E-state index in [1.807, 2.05) is 0 Å². The summed E-state index contributed by atoms with van der Waals surface area (Å²) in [6.45, 7) is 3.24. The van der Waals surface area contributed by atoms with Crippen LogP contribution in [0.5, 0.6) is 5.75 Å². The van der Waals surface area contributed by atoms with Gasteiger partial charge < -0.3 is 15.0 Å². The number of carbonyl (C=O) groups excluding carboxylic acids is 1. The van der Waals surface area contributed by atoms with E-state index < -0.39 is 6.36 Å². The second-order valence-electron chi connectivity index (χ2n) is 6.30. The van der Waals surface area contributed by atoms with Crippen LogP contribution in [0.15, 0.2) is 24.3 Å². The maximum atomic E-state index is 12.6. The van der Waals surface area contributed by atoms with Crippen LogP contribution >= 0.6 is 0 Å². The molecule has 1 N–H and O–H groups in total. The van der Waals surface area contributed by atoms with E-state index in [1.165, 1.54) is 18.2 Å². The van der Waals surface area contributed by atoms with Crippen molar-refractivity contribution in [3.8, 4) is 5.75 Å². The molecule has 1 aromatic carbocycles. The fourth-order valence-electron chi connectivity index (χ4n) is 3.48. The molecule has 1 aromatic rings. The molecule has 126 valence electrons. The Morgan fingerprint density at radius 2 is 1.96 bits per heavy atom. The lowest BCUT2D eigenvalue weighted by atomic mass is 9.78. The van der Waals surface area contributed by atoms with Gasteiger partial charge in [0.15, 0.2) is 0 Å². The number of nitrogens with one attached hydrogen (secondary N) is 1. The minimum absolute atomic E-state index is 0.168. The average molecular weight is 328 g/mol. The molecule has 1 spiro atoms. The first kappa shape index (κ1) is 16.1. The standard InChI is InChI=1S/C16H19F3N2O2/c17-16(18,19)23-13-3-1-2-12(10-13)14(22)21-9-6-15(11-21)4-7-20-8-5-15/h1-3,10,20H,4-9,11H2. The molecule has 0 aromatic heterocycles. The molecule has 2 saturated heterocycles. The van der Waals surface area contributed by atoms with Gasteiger partial charge in [-0.05, 0) is 56.0 Å². The van der Waals surface area contributed by atoms with E-state index in [0.717, 1.165) is 38.4 Å². The van der Waals surface area contributed by atoms with Gasteiger partial charge in [0.1, 0.15) is 5.75 Å². The fourth-order valence-corrected chi connectivity index (χ4v) is 3.48. The minimum atomic E-state index is -4.76. The molecule has 2 fully saturated rings. The van der Waals surface area contributed by atoms with E-state index in [9.17, 15) is 18.0 Å². The van der Waals surface area contributed by atoms with E-state index in [4.69, 9.17) is 0 Å². The van der Waals surface area contributed by atoms with Crippen molar-refractivity contribution in [1.82, 2.24) is 10.2 Å². The molecule has 1 amide bonds. The van der Waals surface area contributed by atoms with Crippen molar-refractivity contribution in [3.05, 3.63) is 29.8 Å². The van der Waals surface area contributed by atoms with Crippen molar-refractivity contribution in [3.63, 3.8) is 0 Å². The largest absolute Gasteiger partial charge is 0.573 e. The van der Waals surface area contributed by atoms with Crippen LogP contribution in [-0.4, -0.2) is 43.3 Å². The van der Waals surface area contributed by atoms with Crippen molar-refractivity contribution in [2.45, 2.75) is 25.6 Å². The first-order valence-corrected chi connectivity index (χ1v) is 7.73. The molecule has 2 aliphatic rings. The second-order valence-corrected chi connectivity index (χ2v) is 6.30. The Morgan fingerprint density at radius 1 is 1.22 bits per heavy atom. The van der Waals surface area contributed by atoms with Gasteiger partial charge in [0, 0.05) is 18.7 Å². The number of nitrogens with zero attached hydrogens (tertiary/aromatic N) is 1. The summed E-state index contributed by atoms with van der Waals surface area (Å²) in [5.74, 6) is -0.591. The summed E-state index contributed by atoms with van der Waals surface area (Å²) < 4.78 is 40.8. The van der Waals surface area contributed by atoms with Crippen LogP contribution in [-0.2, 0) is 0 Å². The number of alkyl halides is 3. The number of carbonyl (C=O) groups is 1. The van der Waals surface area contributed by atoms with E-state index in [2.05, 4.69) is 10.1 Å². The summed E-state index contributed by atoms with van der Waals surface area (Å²) in [6, 6.07) is 5.29. The number of hydrogen-bond donors (Lipinski definition) is 1. The zero-order chi connectivity index (χ0) is 16.5. The highest BCUT2D eigenvalue weighted by Crippen LogP contribution is 2.39. The molecule has 0 bridgehead atoms. The number of benzene rings is 1. The highest BCUT2D eigenvalue weighted by molar-refractivity contribution is 5.94. The van der Waals surface area contributed by atoms with Gasteiger partial charge in [-0.3, -0.25) is 4.79 Å². The summed E-state index contributed by atoms with van der Waals surface area (Å²) in [6.07, 6.45) is -1.73. The molecule has 0 saturated carbocycles. The molecule has 0 unspecified atom stereocenters. The maximum Gasteiger partial charge on any atom is 0.573 e. The molecule has 23 heavy (non-hydrogen) atoms. The topological polar surface area (TPSA) is 41.6 Å². The van der Waals surface area contributed by atoms with Crippen LogP contribution in [0, 0.1) is 5.41 Å². The van der Waals surface area contributed by atoms with Crippen LogP contribution in [0.3, 0.4) is 0 Å². The second kappa shape index (κ2) is 6.03. The van der Waals surface area contributed by atoms with E-state index >= 15 is 0 Å². The minimum Gasteiger partial charge on any atom is -0.406 e. The zero-order valence-corrected chi connectivity index (χ0v) is 12.7. The third-order valence-electron chi connectivity index (χ3n) is 4.70. The van der Waals surface area contributed by atoms with Crippen LogP contribution in [0.1, 0.15) is 29.6 Å². The molecular formula is C16H19F3N2O2. The SMILES string of the molecule is O=C(c1cccc(OC(F)(F)F)c1)N1CCC2(CCNCC2)C1. The van der Waals surface area contributed by atoms with Crippen molar-refractivity contribution in [1.29, 1.82) is 0 Å². The number of likely N-dealkylation sites (tertiary alicyclic amines) is 1. The molecule has 0 radical (unpaired) electrons. The van der Waals surface area contributed by atoms with Crippen LogP contribution in [0.2, 0.25) is 0 Å². The quantitative estimate of drug-likeness (QED) is 0.908. The first-order valence-electron chi connectivity index (χ1n) is 7.73. The summed E-state index contributed by atoms with van der Waals surface area (Å²) >= 11 is 0. The van der Waals surface area contributed by atoms with Gasteiger partial charge in [0.2, 0.25) is 0 Å². The van der Waals surface area contributed by atoms with E-state index in [0.29, 0.717) is 13.1 Å². The Bertz CT molecular complexity index is 583. The number of rotatable bonds is 2. The fraction of sp³-hybridized carbons (Fsp3) is 0.562. The Balaban J connectivity index is 1.70. The van der Waals surface area contributed by atoms with Gasteiger partial charge in [0.25, 0.3) is 5.91 Å². The molecular weight excluding hydrogens is 309 g/mol. The Morgan fingerprint density at radius 3 is 2.65 bits per heavy atom. The third-order valence-corrected chi connectivity index (χ3v) is 4.70. The number of halogens is 3. The normalized spacial score (nSPS) is 20.7. The van der Waals surface area contributed by atoms with Gasteiger partial charge in [-0.25, -0.2) is 0 Å². The van der Waals surface area contributed by atoms with Crippen LogP contribution in [0.4, 0.5) is 13.2 Å². The molecule has 2 aliphatic heterocycles. The molecule has 3 rings (SSSR count). The van der Waals surface area contributed by atoms with E-state index in [1.54, 1.807) is 4.90 Å². The van der Waals surface area contributed by atoms with Gasteiger partial charge >= 0.3 is 6.36 Å². The lowest BCUT2D eigenvalue weighted by Crippen LogP contribution is -2.39. The van der Waals surface area contributed by atoms with Crippen molar-refractivity contribution in [2.75, 3.05) is 26.2 Å². The van der Waals surface area contributed by atoms with Crippen LogP contribution < -0.4 is 10.1 Å². The van der Waals surface area contributed by atoms with Crippen molar-refractivity contribution in [2.24, 2.45) is 5.41 Å². The molecule has 2 heterocycles. The lowest BCUT2D eigenvalue weighted by molar-refractivity contribution is -0.274. The highest BCUT2D eigenvalue weighted by atomic mass is 19.4.